The molecule has 1 amide bonds. The van der Waals surface area contributed by atoms with Crippen LogP contribution in [-0.4, -0.2) is 29.7 Å². The Hall–Kier alpha value is -4.83. The van der Waals surface area contributed by atoms with E-state index in [1.807, 2.05) is 24.3 Å². The molecule has 200 valence electrons. The van der Waals surface area contributed by atoms with E-state index in [1.54, 1.807) is 36.4 Å². The lowest BCUT2D eigenvalue weighted by atomic mass is 9.83. The van der Waals surface area contributed by atoms with Crippen LogP contribution in [-0.2, 0) is 9.53 Å². The highest BCUT2D eigenvalue weighted by atomic mass is 16.5. The van der Waals surface area contributed by atoms with Gasteiger partial charge in [0.05, 0.1) is 18.6 Å². The van der Waals surface area contributed by atoms with Crippen LogP contribution in [0.25, 0.3) is 11.1 Å². The molecule has 3 aliphatic rings. The molecule has 2 N–H and O–H groups in total. The average Bonchev–Trinajstić information content (AvgIpc) is 3.83. The number of carboxylic acid groups (broad SMARTS) is 1. The molecule has 7 heteroatoms. The summed E-state index contributed by atoms with van der Waals surface area (Å²) in [6, 6.07) is 25.4. The first-order chi connectivity index (χ1) is 19.5. The molecule has 2 aliphatic carbocycles. The zero-order chi connectivity index (χ0) is 27.6. The van der Waals surface area contributed by atoms with Gasteiger partial charge < -0.3 is 19.9 Å². The monoisotopic (exact) mass is 532 g/mol. The van der Waals surface area contributed by atoms with Crippen molar-refractivity contribution in [2.45, 2.75) is 31.3 Å². The quantitative estimate of drug-likeness (QED) is 0.369. The molecule has 1 heterocycles. The second-order valence-corrected chi connectivity index (χ2v) is 10.4. The van der Waals surface area contributed by atoms with Crippen LogP contribution < -0.4 is 10.1 Å². The number of fused-ring (bicyclic) bond motifs is 1. The van der Waals surface area contributed by atoms with Gasteiger partial charge in [0.1, 0.15) is 23.5 Å². The number of nitrogens with one attached hydrogen (secondary N) is 1. The zero-order valence-corrected chi connectivity index (χ0v) is 21.7. The van der Waals surface area contributed by atoms with Crippen LogP contribution in [0.15, 0.2) is 96.3 Å². The van der Waals surface area contributed by atoms with Gasteiger partial charge in [0.25, 0.3) is 5.91 Å². The Bertz CT molecular complexity index is 1530. The lowest BCUT2D eigenvalue weighted by molar-refractivity contribution is -0.141. The van der Waals surface area contributed by atoms with Crippen LogP contribution in [0.1, 0.15) is 41.1 Å². The Kier molecular flexibility index (Phi) is 6.83. The lowest BCUT2D eigenvalue weighted by Gasteiger charge is -2.32. The lowest BCUT2D eigenvalue weighted by Crippen LogP contribution is -2.33. The molecule has 3 unspecified atom stereocenters. The van der Waals surface area contributed by atoms with Gasteiger partial charge in [-0.25, -0.2) is 0 Å². The van der Waals surface area contributed by atoms with E-state index < -0.39 is 23.9 Å². The summed E-state index contributed by atoms with van der Waals surface area (Å²) in [5.74, 6) is -0.860. The largest absolute Gasteiger partial charge is 0.493 e. The van der Waals surface area contributed by atoms with E-state index in [2.05, 4.69) is 35.7 Å². The summed E-state index contributed by atoms with van der Waals surface area (Å²) in [5.41, 5.74) is 5.33. The highest BCUT2D eigenvalue weighted by molar-refractivity contribution is 6.04. The van der Waals surface area contributed by atoms with Crippen molar-refractivity contribution in [1.29, 1.82) is 5.26 Å². The number of rotatable bonds is 7. The van der Waals surface area contributed by atoms with Gasteiger partial charge in [-0.3, -0.25) is 9.59 Å². The summed E-state index contributed by atoms with van der Waals surface area (Å²) in [6.45, 7) is 0.296. The number of allylic oxidation sites excluding steroid dienone is 1. The van der Waals surface area contributed by atoms with E-state index in [0.29, 0.717) is 41.4 Å². The Balaban J connectivity index is 1.08. The maximum Gasteiger partial charge on any atom is 0.311 e. The van der Waals surface area contributed by atoms with Crippen LogP contribution in [0.5, 0.6) is 5.75 Å². The molecule has 0 aromatic heterocycles. The molecule has 0 radical (unpaired) electrons. The number of nitrogens with zero attached hydrogens (tertiary/aromatic N) is 1. The van der Waals surface area contributed by atoms with Gasteiger partial charge in [-0.1, -0.05) is 42.5 Å². The number of benzene rings is 3. The van der Waals surface area contributed by atoms with Crippen LogP contribution in [0.3, 0.4) is 0 Å². The van der Waals surface area contributed by atoms with Gasteiger partial charge in [0.2, 0.25) is 0 Å². The summed E-state index contributed by atoms with van der Waals surface area (Å²) in [4.78, 5) is 24.5. The van der Waals surface area contributed by atoms with Crippen molar-refractivity contribution in [2.24, 2.45) is 11.8 Å². The third-order valence-corrected chi connectivity index (χ3v) is 7.62. The molecular weight excluding hydrogens is 504 g/mol. The minimum absolute atomic E-state index is 0.245. The van der Waals surface area contributed by atoms with Gasteiger partial charge in [0, 0.05) is 16.8 Å². The van der Waals surface area contributed by atoms with Gasteiger partial charge in [-0.05, 0) is 84.3 Å². The summed E-state index contributed by atoms with van der Waals surface area (Å²) in [5, 5.41) is 22.1. The Morgan fingerprint density at radius 1 is 0.900 bits per heavy atom. The van der Waals surface area contributed by atoms with E-state index in [-0.39, 0.29) is 5.91 Å². The molecule has 0 bridgehead atoms. The number of ether oxygens (including phenoxy) is 2. The molecular formula is C33H28N2O5. The Morgan fingerprint density at radius 2 is 1.57 bits per heavy atom. The van der Waals surface area contributed by atoms with Crippen molar-refractivity contribution in [3.05, 3.63) is 107 Å². The van der Waals surface area contributed by atoms with Crippen molar-refractivity contribution < 1.29 is 24.2 Å². The molecule has 0 spiro atoms. The zero-order valence-electron chi connectivity index (χ0n) is 21.7. The normalized spacial score (nSPS) is 21.5. The number of carbonyl (C=O) groups excluding carboxylic acids is 1. The molecule has 1 aliphatic heterocycles. The summed E-state index contributed by atoms with van der Waals surface area (Å²) < 4.78 is 11.7. The fourth-order valence-corrected chi connectivity index (χ4v) is 5.21. The first kappa shape index (κ1) is 25.4. The molecule has 40 heavy (non-hydrogen) atoms. The van der Waals surface area contributed by atoms with Crippen molar-refractivity contribution >= 4 is 17.6 Å². The second-order valence-electron chi connectivity index (χ2n) is 10.4. The highest BCUT2D eigenvalue weighted by Gasteiger charge is 2.36. The van der Waals surface area contributed by atoms with Crippen molar-refractivity contribution in [3.63, 3.8) is 0 Å². The number of hydrogen-bond acceptors (Lipinski definition) is 5. The van der Waals surface area contributed by atoms with Crippen molar-refractivity contribution in [1.82, 2.24) is 0 Å². The molecule has 3 aromatic rings. The number of aliphatic carboxylic acids is 1. The van der Waals surface area contributed by atoms with Crippen molar-refractivity contribution in [2.75, 3.05) is 11.9 Å². The topological polar surface area (TPSA) is 109 Å². The van der Waals surface area contributed by atoms with E-state index in [9.17, 15) is 20.0 Å². The van der Waals surface area contributed by atoms with Gasteiger partial charge in [-0.15, -0.1) is 0 Å². The predicted molar refractivity (Wildman–Crippen MR) is 150 cm³/mol. The maximum absolute atomic E-state index is 12.8. The molecule has 6 rings (SSSR count). The van der Waals surface area contributed by atoms with Crippen LogP contribution in [0.4, 0.5) is 5.69 Å². The third kappa shape index (κ3) is 5.34. The van der Waals surface area contributed by atoms with Gasteiger partial charge >= 0.3 is 5.97 Å². The van der Waals surface area contributed by atoms with E-state index in [4.69, 9.17) is 9.47 Å². The van der Waals surface area contributed by atoms with Crippen LogP contribution in [0, 0.1) is 23.2 Å². The number of hydrogen-bond donors (Lipinski definition) is 2. The smallest absolute Gasteiger partial charge is 0.311 e. The standard InChI is InChI=1S/C33H28N2O5/c34-19-25-17-29-28(33(37)38)15-16-39-31(29)18-30(25)40-27-13-9-24(10-14-27)32(36)35-26-11-7-23(8-12-26)22-5-3-21(4-6-22)20-1-2-20/h3-14,17-18,20,25,28,30H,1-2,15-16H2,(H,35,36)(H,37,38). The number of anilines is 1. The molecule has 3 atom stereocenters. The third-order valence-electron chi connectivity index (χ3n) is 7.62. The number of carboxylic acids is 1. The number of amides is 1. The van der Waals surface area contributed by atoms with E-state index >= 15 is 0 Å². The van der Waals surface area contributed by atoms with Crippen LogP contribution in [0.2, 0.25) is 0 Å². The fraction of sp³-hybridized carbons (Fsp3) is 0.242. The molecule has 3 aromatic carbocycles. The predicted octanol–water partition coefficient (Wildman–Crippen LogP) is 6.32. The Labute approximate surface area is 232 Å². The number of nitriles is 1. The average molecular weight is 533 g/mol. The number of carbonyl (C=O) groups is 2. The Morgan fingerprint density at radius 3 is 2.20 bits per heavy atom. The summed E-state index contributed by atoms with van der Waals surface area (Å²) >= 11 is 0. The van der Waals surface area contributed by atoms with E-state index in [1.165, 1.54) is 18.4 Å². The van der Waals surface area contributed by atoms with Crippen LogP contribution >= 0.6 is 0 Å². The highest BCUT2D eigenvalue weighted by Crippen LogP contribution is 2.40. The summed E-state index contributed by atoms with van der Waals surface area (Å²) in [7, 11) is 0. The first-order valence-corrected chi connectivity index (χ1v) is 13.5. The maximum atomic E-state index is 12.8. The van der Waals surface area contributed by atoms with Gasteiger partial charge in [-0.2, -0.15) is 5.26 Å². The fourth-order valence-electron chi connectivity index (χ4n) is 5.21. The first-order valence-electron chi connectivity index (χ1n) is 13.5. The minimum Gasteiger partial charge on any atom is -0.493 e. The van der Waals surface area contributed by atoms with E-state index in [0.717, 1.165) is 17.0 Å². The molecule has 1 saturated heterocycles. The minimum atomic E-state index is -0.931. The SMILES string of the molecule is N#CC1C=C2C(=CC1Oc1ccc(C(=O)Nc3ccc(-c4ccc(C5CC5)cc4)cc3)cc1)OCCC2C(=O)O. The second kappa shape index (κ2) is 10.7. The van der Waals surface area contributed by atoms with Crippen molar-refractivity contribution in [3.8, 4) is 22.9 Å². The molecule has 1 saturated carbocycles. The molecule has 2 fully saturated rings. The summed E-state index contributed by atoms with van der Waals surface area (Å²) in [6.07, 6.45) is 5.60. The molecule has 7 nitrogen and oxygen atoms in total. The van der Waals surface area contributed by atoms with Gasteiger partial charge in [0.15, 0.2) is 0 Å².